The SMILES string of the molecule is CNCCC(C)CCC1CN(Cc2ccccc2)C1. The van der Waals surface area contributed by atoms with Gasteiger partial charge >= 0.3 is 0 Å². The fourth-order valence-corrected chi connectivity index (χ4v) is 2.89. The summed E-state index contributed by atoms with van der Waals surface area (Å²) in [5.41, 5.74) is 1.45. The summed E-state index contributed by atoms with van der Waals surface area (Å²) >= 11 is 0. The van der Waals surface area contributed by atoms with Gasteiger partial charge in [-0.3, -0.25) is 4.90 Å². The van der Waals surface area contributed by atoms with Gasteiger partial charge in [-0.25, -0.2) is 0 Å². The molecule has 0 spiro atoms. The first-order valence-corrected chi connectivity index (χ1v) is 7.69. The van der Waals surface area contributed by atoms with Crippen molar-refractivity contribution in [3.63, 3.8) is 0 Å². The summed E-state index contributed by atoms with van der Waals surface area (Å²) in [4.78, 5) is 2.57. The summed E-state index contributed by atoms with van der Waals surface area (Å²) in [6, 6.07) is 10.8. The minimum absolute atomic E-state index is 0.871. The standard InChI is InChI=1S/C17H28N2/c1-15(10-11-18-2)8-9-17-13-19(14-17)12-16-6-4-3-5-7-16/h3-7,15,17-18H,8-14H2,1-2H3. The fraction of sp³-hybridized carbons (Fsp3) is 0.647. The number of hydrogen-bond donors (Lipinski definition) is 1. The monoisotopic (exact) mass is 260 g/mol. The molecule has 1 aliphatic rings. The van der Waals surface area contributed by atoms with Crippen LogP contribution in [0.1, 0.15) is 31.7 Å². The maximum Gasteiger partial charge on any atom is 0.0233 e. The highest BCUT2D eigenvalue weighted by Crippen LogP contribution is 2.25. The molecule has 1 saturated heterocycles. The molecule has 1 atom stereocenters. The lowest BCUT2D eigenvalue weighted by Crippen LogP contribution is -2.45. The lowest BCUT2D eigenvalue weighted by molar-refractivity contribution is 0.0817. The van der Waals surface area contributed by atoms with E-state index in [0.29, 0.717) is 0 Å². The average Bonchev–Trinajstić information content (AvgIpc) is 2.40. The van der Waals surface area contributed by atoms with E-state index in [-0.39, 0.29) is 0 Å². The molecular weight excluding hydrogens is 232 g/mol. The van der Waals surface area contributed by atoms with Gasteiger partial charge in [-0.2, -0.15) is 0 Å². The second-order valence-corrected chi connectivity index (χ2v) is 6.12. The molecular formula is C17H28N2. The van der Waals surface area contributed by atoms with Gasteiger partial charge in [-0.15, -0.1) is 0 Å². The van der Waals surface area contributed by atoms with Crippen molar-refractivity contribution in [3.8, 4) is 0 Å². The molecule has 1 aromatic rings. The smallest absolute Gasteiger partial charge is 0.0233 e. The third-order valence-electron chi connectivity index (χ3n) is 4.24. The molecule has 1 fully saturated rings. The van der Waals surface area contributed by atoms with Gasteiger partial charge in [-0.1, -0.05) is 43.7 Å². The summed E-state index contributed by atoms with van der Waals surface area (Å²) in [5.74, 6) is 1.82. The summed E-state index contributed by atoms with van der Waals surface area (Å²) in [6.45, 7) is 7.28. The van der Waals surface area contributed by atoms with Gasteiger partial charge in [-0.05, 0) is 43.8 Å². The number of rotatable bonds is 8. The number of likely N-dealkylation sites (tertiary alicyclic amines) is 1. The van der Waals surface area contributed by atoms with Crippen molar-refractivity contribution in [3.05, 3.63) is 35.9 Å². The number of hydrogen-bond acceptors (Lipinski definition) is 2. The first kappa shape index (κ1) is 14.5. The van der Waals surface area contributed by atoms with Gasteiger partial charge < -0.3 is 5.32 Å². The first-order chi connectivity index (χ1) is 9.28. The Morgan fingerprint density at radius 3 is 2.63 bits per heavy atom. The molecule has 1 aromatic carbocycles. The van der Waals surface area contributed by atoms with E-state index < -0.39 is 0 Å². The Hall–Kier alpha value is -0.860. The van der Waals surface area contributed by atoms with E-state index in [1.165, 1.54) is 37.9 Å². The van der Waals surface area contributed by atoms with Crippen LogP contribution in [0.15, 0.2) is 30.3 Å². The molecule has 1 heterocycles. The quantitative estimate of drug-likeness (QED) is 0.772. The zero-order valence-electron chi connectivity index (χ0n) is 12.4. The molecule has 1 aliphatic heterocycles. The molecule has 2 rings (SSSR count). The molecule has 0 amide bonds. The first-order valence-electron chi connectivity index (χ1n) is 7.69. The third kappa shape index (κ3) is 4.96. The highest BCUT2D eigenvalue weighted by Gasteiger charge is 2.26. The molecule has 1 N–H and O–H groups in total. The maximum atomic E-state index is 3.24. The predicted octanol–water partition coefficient (Wildman–Crippen LogP) is 3.14. The van der Waals surface area contributed by atoms with Crippen LogP contribution in [0.3, 0.4) is 0 Å². The summed E-state index contributed by atoms with van der Waals surface area (Å²) < 4.78 is 0. The summed E-state index contributed by atoms with van der Waals surface area (Å²) in [5, 5.41) is 3.24. The summed E-state index contributed by atoms with van der Waals surface area (Å²) in [6.07, 6.45) is 4.12. The zero-order chi connectivity index (χ0) is 13.5. The van der Waals surface area contributed by atoms with E-state index >= 15 is 0 Å². The van der Waals surface area contributed by atoms with Crippen molar-refractivity contribution in [2.75, 3.05) is 26.7 Å². The van der Waals surface area contributed by atoms with Crippen molar-refractivity contribution in [2.45, 2.75) is 32.7 Å². The molecule has 1 unspecified atom stereocenters. The Morgan fingerprint density at radius 2 is 1.95 bits per heavy atom. The van der Waals surface area contributed by atoms with Crippen LogP contribution in [0.2, 0.25) is 0 Å². The molecule has 0 bridgehead atoms. The number of nitrogens with one attached hydrogen (secondary N) is 1. The van der Waals surface area contributed by atoms with Crippen molar-refractivity contribution in [1.82, 2.24) is 10.2 Å². The fourth-order valence-electron chi connectivity index (χ4n) is 2.89. The van der Waals surface area contributed by atoms with E-state index in [1.807, 2.05) is 7.05 Å². The van der Waals surface area contributed by atoms with Crippen LogP contribution in [0.25, 0.3) is 0 Å². The van der Waals surface area contributed by atoms with Gasteiger partial charge in [0.15, 0.2) is 0 Å². The molecule has 2 nitrogen and oxygen atoms in total. The van der Waals surface area contributed by atoms with Crippen LogP contribution < -0.4 is 5.32 Å². The van der Waals surface area contributed by atoms with Crippen molar-refractivity contribution < 1.29 is 0 Å². The van der Waals surface area contributed by atoms with E-state index in [4.69, 9.17) is 0 Å². The number of benzene rings is 1. The molecule has 19 heavy (non-hydrogen) atoms. The summed E-state index contributed by atoms with van der Waals surface area (Å²) in [7, 11) is 2.04. The lowest BCUT2D eigenvalue weighted by atomic mass is 9.89. The predicted molar refractivity (Wildman–Crippen MR) is 82.2 cm³/mol. The second-order valence-electron chi connectivity index (χ2n) is 6.12. The zero-order valence-corrected chi connectivity index (χ0v) is 12.4. The van der Waals surface area contributed by atoms with Crippen LogP contribution in [0, 0.1) is 11.8 Å². The van der Waals surface area contributed by atoms with E-state index in [0.717, 1.165) is 24.9 Å². The van der Waals surface area contributed by atoms with E-state index in [9.17, 15) is 0 Å². The molecule has 106 valence electrons. The van der Waals surface area contributed by atoms with Crippen LogP contribution in [-0.4, -0.2) is 31.6 Å². The average molecular weight is 260 g/mol. The van der Waals surface area contributed by atoms with Crippen molar-refractivity contribution in [1.29, 1.82) is 0 Å². The third-order valence-corrected chi connectivity index (χ3v) is 4.24. The Labute approximate surface area is 118 Å². The highest BCUT2D eigenvalue weighted by atomic mass is 15.2. The molecule has 0 saturated carbocycles. The van der Waals surface area contributed by atoms with Gasteiger partial charge in [0.1, 0.15) is 0 Å². The van der Waals surface area contributed by atoms with Gasteiger partial charge in [0.2, 0.25) is 0 Å². The van der Waals surface area contributed by atoms with Crippen LogP contribution in [0.4, 0.5) is 0 Å². The highest BCUT2D eigenvalue weighted by molar-refractivity contribution is 5.14. The lowest BCUT2D eigenvalue weighted by Gasteiger charge is -2.40. The normalized spacial score (nSPS) is 18.2. The molecule has 2 heteroatoms. The second kappa shape index (κ2) is 7.66. The van der Waals surface area contributed by atoms with Gasteiger partial charge in [0, 0.05) is 19.6 Å². The Balaban J connectivity index is 1.56. The van der Waals surface area contributed by atoms with E-state index in [2.05, 4.69) is 47.5 Å². The van der Waals surface area contributed by atoms with Gasteiger partial charge in [0.25, 0.3) is 0 Å². The Morgan fingerprint density at radius 1 is 1.21 bits per heavy atom. The Kier molecular flexibility index (Phi) is 5.87. The van der Waals surface area contributed by atoms with Gasteiger partial charge in [0.05, 0.1) is 0 Å². The van der Waals surface area contributed by atoms with E-state index in [1.54, 1.807) is 0 Å². The largest absolute Gasteiger partial charge is 0.320 e. The van der Waals surface area contributed by atoms with Crippen LogP contribution in [-0.2, 0) is 6.54 Å². The minimum Gasteiger partial charge on any atom is -0.320 e. The molecule has 0 aliphatic carbocycles. The minimum atomic E-state index is 0.871. The number of nitrogens with zero attached hydrogens (tertiary/aromatic N) is 1. The molecule has 0 radical (unpaired) electrons. The Bertz CT molecular complexity index is 344. The van der Waals surface area contributed by atoms with Crippen LogP contribution in [0.5, 0.6) is 0 Å². The maximum absolute atomic E-state index is 3.24. The van der Waals surface area contributed by atoms with Crippen molar-refractivity contribution in [2.24, 2.45) is 11.8 Å². The topological polar surface area (TPSA) is 15.3 Å². The molecule has 0 aromatic heterocycles. The van der Waals surface area contributed by atoms with Crippen molar-refractivity contribution >= 4 is 0 Å². The van der Waals surface area contributed by atoms with Crippen LogP contribution >= 0.6 is 0 Å².